The van der Waals surface area contributed by atoms with Crippen LogP contribution in [-0.2, 0) is 5.88 Å². The summed E-state index contributed by atoms with van der Waals surface area (Å²) in [6.07, 6.45) is 1.61. The third-order valence-electron chi connectivity index (χ3n) is 1.56. The number of carbonyl (C=O) groups excluding carboxylic acids is 1. The summed E-state index contributed by atoms with van der Waals surface area (Å²) in [6.45, 7) is 2.43. The molecule has 1 aromatic heterocycles. The molecule has 14 heavy (non-hydrogen) atoms. The van der Waals surface area contributed by atoms with Crippen molar-refractivity contribution in [2.45, 2.75) is 12.8 Å². The molecule has 0 aliphatic carbocycles. The summed E-state index contributed by atoms with van der Waals surface area (Å²) >= 11 is 5.64. The zero-order valence-corrected chi connectivity index (χ0v) is 8.64. The van der Waals surface area contributed by atoms with E-state index in [9.17, 15) is 4.79 Å². The van der Waals surface area contributed by atoms with E-state index in [2.05, 4.69) is 15.6 Å². The Balaban J connectivity index is 2.62. The Morgan fingerprint density at radius 3 is 3.07 bits per heavy atom. The quantitative estimate of drug-likeness (QED) is 0.755. The lowest BCUT2D eigenvalue weighted by Crippen LogP contribution is -2.28. The lowest BCUT2D eigenvalue weighted by atomic mass is 10.3. The van der Waals surface area contributed by atoms with Gasteiger partial charge in [-0.2, -0.15) is 0 Å². The number of hydrogen-bond acceptors (Lipinski definition) is 2. The molecule has 0 aromatic carbocycles. The normalized spacial score (nSPS) is 9.57. The molecular weight excluding hydrogens is 202 g/mol. The number of nitrogens with one attached hydrogen (secondary N) is 2. The molecule has 1 rings (SSSR count). The van der Waals surface area contributed by atoms with E-state index in [0.717, 1.165) is 5.56 Å². The number of urea groups is 1. The van der Waals surface area contributed by atoms with Gasteiger partial charge >= 0.3 is 6.03 Å². The van der Waals surface area contributed by atoms with Gasteiger partial charge in [-0.3, -0.25) is 5.32 Å². The Morgan fingerprint density at radius 2 is 2.43 bits per heavy atom. The van der Waals surface area contributed by atoms with Crippen molar-refractivity contribution in [3.05, 3.63) is 23.9 Å². The summed E-state index contributed by atoms with van der Waals surface area (Å²) in [4.78, 5) is 15.1. The van der Waals surface area contributed by atoms with Crippen molar-refractivity contribution in [1.82, 2.24) is 10.3 Å². The van der Waals surface area contributed by atoms with Crippen LogP contribution in [0.4, 0.5) is 10.6 Å². The molecule has 2 amide bonds. The molecule has 5 heteroatoms. The molecule has 0 aliphatic rings. The van der Waals surface area contributed by atoms with Crippen molar-refractivity contribution >= 4 is 23.4 Å². The van der Waals surface area contributed by atoms with Crippen LogP contribution in [0, 0.1) is 0 Å². The number of amides is 2. The third kappa shape index (κ3) is 3.22. The van der Waals surface area contributed by atoms with Crippen LogP contribution in [0.15, 0.2) is 18.3 Å². The molecule has 2 N–H and O–H groups in total. The monoisotopic (exact) mass is 213 g/mol. The van der Waals surface area contributed by atoms with Gasteiger partial charge in [-0.1, -0.05) is 0 Å². The smallest absolute Gasteiger partial charge is 0.320 e. The molecule has 1 heterocycles. The molecule has 4 nitrogen and oxygen atoms in total. The fourth-order valence-electron chi connectivity index (χ4n) is 0.947. The molecule has 0 unspecified atom stereocenters. The van der Waals surface area contributed by atoms with Gasteiger partial charge < -0.3 is 5.32 Å². The number of rotatable bonds is 3. The number of alkyl halides is 1. The molecule has 0 spiro atoms. The van der Waals surface area contributed by atoms with Crippen molar-refractivity contribution in [2.75, 3.05) is 11.9 Å². The summed E-state index contributed by atoms with van der Waals surface area (Å²) in [5.41, 5.74) is 0.925. The Kier molecular flexibility index (Phi) is 4.19. The van der Waals surface area contributed by atoms with E-state index < -0.39 is 0 Å². The summed E-state index contributed by atoms with van der Waals surface area (Å²) in [7, 11) is 0. The molecule has 0 saturated carbocycles. The largest absolute Gasteiger partial charge is 0.338 e. The van der Waals surface area contributed by atoms with Crippen LogP contribution in [0.2, 0.25) is 0 Å². The lowest BCUT2D eigenvalue weighted by Gasteiger charge is -2.05. The standard InChI is InChI=1S/C9H12ClN3O/c1-2-11-9(14)13-8-5-7(6-10)3-4-12-8/h3-5H,2,6H2,1H3,(H2,11,12,13,14). The van der Waals surface area contributed by atoms with Gasteiger partial charge in [0.1, 0.15) is 5.82 Å². The van der Waals surface area contributed by atoms with Gasteiger partial charge in [0.05, 0.1) is 0 Å². The molecule has 1 aromatic rings. The van der Waals surface area contributed by atoms with Crippen LogP contribution in [0.5, 0.6) is 0 Å². The maximum absolute atomic E-state index is 11.1. The van der Waals surface area contributed by atoms with Crippen LogP contribution in [0.25, 0.3) is 0 Å². The van der Waals surface area contributed by atoms with E-state index in [1.807, 2.05) is 6.92 Å². The molecular formula is C9H12ClN3O. The summed E-state index contributed by atoms with van der Waals surface area (Å²) in [5.74, 6) is 0.918. The molecule has 0 saturated heterocycles. The van der Waals surface area contributed by atoms with Crippen molar-refractivity contribution < 1.29 is 4.79 Å². The number of nitrogens with zero attached hydrogens (tertiary/aromatic N) is 1. The van der Waals surface area contributed by atoms with Gasteiger partial charge in [0, 0.05) is 18.6 Å². The Morgan fingerprint density at radius 1 is 1.64 bits per heavy atom. The second kappa shape index (κ2) is 5.44. The minimum Gasteiger partial charge on any atom is -0.338 e. The van der Waals surface area contributed by atoms with E-state index in [1.165, 1.54) is 0 Å². The first kappa shape index (κ1) is 10.8. The number of carbonyl (C=O) groups is 1. The van der Waals surface area contributed by atoms with Gasteiger partial charge in [-0.05, 0) is 24.6 Å². The van der Waals surface area contributed by atoms with Crippen molar-refractivity contribution in [3.8, 4) is 0 Å². The fraction of sp³-hybridized carbons (Fsp3) is 0.333. The van der Waals surface area contributed by atoms with Gasteiger partial charge in [0.15, 0.2) is 0 Å². The minimum atomic E-state index is -0.258. The van der Waals surface area contributed by atoms with Gasteiger partial charge in [0.2, 0.25) is 0 Å². The highest BCUT2D eigenvalue weighted by molar-refractivity contribution is 6.17. The predicted molar refractivity (Wildman–Crippen MR) is 56.5 cm³/mol. The predicted octanol–water partition coefficient (Wildman–Crippen LogP) is 1.96. The van der Waals surface area contributed by atoms with Gasteiger partial charge in [-0.15, -0.1) is 11.6 Å². The highest BCUT2D eigenvalue weighted by Crippen LogP contribution is 2.08. The van der Waals surface area contributed by atoms with E-state index in [1.54, 1.807) is 18.3 Å². The maximum atomic E-state index is 11.1. The average Bonchev–Trinajstić information content (AvgIpc) is 2.18. The minimum absolute atomic E-state index is 0.258. The fourth-order valence-corrected chi connectivity index (χ4v) is 1.11. The van der Waals surface area contributed by atoms with Crippen LogP contribution >= 0.6 is 11.6 Å². The van der Waals surface area contributed by atoms with Crippen LogP contribution < -0.4 is 10.6 Å². The molecule has 76 valence electrons. The Bertz CT molecular complexity index is 317. The van der Waals surface area contributed by atoms with E-state index in [0.29, 0.717) is 18.2 Å². The zero-order valence-electron chi connectivity index (χ0n) is 7.88. The third-order valence-corrected chi connectivity index (χ3v) is 1.87. The molecule has 0 radical (unpaired) electrons. The van der Waals surface area contributed by atoms with Crippen molar-refractivity contribution in [1.29, 1.82) is 0 Å². The Labute approximate surface area is 87.7 Å². The second-order valence-electron chi connectivity index (χ2n) is 2.67. The number of aromatic nitrogens is 1. The van der Waals surface area contributed by atoms with Crippen molar-refractivity contribution in [3.63, 3.8) is 0 Å². The molecule has 0 aliphatic heterocycles. The topological polar surface area (TPSA) is 54.0 Å². The maximum Gasteiger partial charge on any atom is 0.320 e. The summed E-state index contributed by atoms with van der Waals surface area (Å²) in [6, 6.07) is 3.28. The first-order valence-corrected chi connectivity index (χ1v) is 4.85. The van der Waals surface area contributed by atoms with E-state index >= 15 is 0 Å². The summed E-state index contributed by atoms with van der Waals surface area (Å²) < 4.78 is 0. The van der Waals surface area contributed by atoms with Gasteiger partial charge in [-0.25, -0.2) is 9.78 Å². The second-order valence-corrected chi connectivity index (χ2v) is 2.93. The number of hydrogen-bond donors (Lipinski definition) is 2. The lowest BCUT2D eigenvalue weighted by molar-refractivity contribution is 0.252. The number of pyridine rings is 1. The van der Waals surface area contributed by atoms with E-state index in [-0.39, 0.29) is 6.03 Å². The zero-order chi connectivity index (χ0) is 10.4. The SMILES string of the molecule is CCNC(=O)Nc1cc(CCl)ccn1. The highest BCUT2D eigenvalue weighted by Gasteiger charge is 2.00. The molecule has 0 fully saturated rings. The molecule has 0 bridgehead atoms. The first-order chi connectivity index (χ1) is 6.76. The van der Waals surface area contributed by atoms with Crippen molar-refractivity contribution in [2.24, 2.45) is 0 Å². The van der Waals surface area contributed by atoms with Crippen LogP contribution in [-0.4, -0.2) is 17.6 Å². The highest BCUT2D eigenvalue weighted by atomic mass is 35.5. The number of anilines is 1. The first-order valence-electron chi connectivity index (χ1n) is 4.32. The number of halogens is 1. The summed E-state index contributed by atoms with van der Waals surface area (Å²) in [5, 5.41) is 5.21. The van der Waals surface area contributed by atoms with E-state index in [4.69, 9.17) is 11.6 Å². The van der Waals surface area contributed by atoms with Gasteiger partial charge in [0.25, 0.3) is 0 Å². The average molecular weight is 214 g/mol. The van der Waals surface area contributed by atoms with Crippen LogP contribution in [0.1, 0.15) is 12.5 Å². The molecule has 0 atom stereocenters. The van der Waals surface area contributed by atoms with Crippen LogP contribution in [0.3, 0.4) is 0 Å². The Hall–Kier alpha value is -1.29.